The monoisotopic (exact) mass is 240 g/mol. The zero-order valence-electron chi connectivity index (χ0n) is 9.73. The van der Waals surface area contributed by atoms with Gasteiger partial charge in [0.05, 0.1) is 6.54 Å². The molecular formula is C11H16N2O4. The summed E-state index contributed by atoms with van der Waals surface area (Å²) in [5.74, 6) is -0.227. The van der Waals surface area contributed by atoms with Crippen molar-refractivity contribution in [3.63, 3.8) is 0 Å². The van der Waals surface area contributed by atoms with Crippen LogP contribution < -0.4 is 5.32 Å². The van der Waals surface area contributed by atoms with E-state index >= 15 is 0 Å². The highest BCUT2D eigenvalue weighted by Crippen LogP contribution is 2.02. The van der Waals surface area contributed by atoms with Gasteiger partial charge in [-0.25, -0.2) is 0 Å². The Morgan fingerprint density at radius 2 is 2.12 bits per heavy atom. The Labute approximate surface area is 99.0 Å². The van der Waals surface area contributed by atoms with E-state index in [4.69, 9.17) is 9.63 Å². The second-order valence-electron chi connectivity index (χ2n) is 3.81. The van der Waals surface area contributed by atoms with Crippen molar-refractivity contribution in [2.75, 3.05) is 0 Å². The third-order valence-electron chi connectivity index (χ3n) is 2.19. The number of amides is 1. The fourth-order valence-corrected chi connectivity index (χ4v) is 1.34. The fourth-order valence-electron chi connectivity index (χ4n) is 1.34. The predicted octanol–water partition coefficient (Wildman–Crippen LogP) is 1.24. The van der Waals surface area contributed by atoms with Crippen LogP contribution in [0.3, 0.4) is 0 Å². The van der Waals surface area contributed by atoms with Crippen LogP contribution in [0.4, 0.5) is 0 Å². The van der Waals surface area contributed by atoms with Crippen LogP contribution in [0.25, 0.3) is 0 Å². The summed E-state index contributed by atoms with van der Waals surface area (Å²) in [5.41, 5.74) is 0.682. The number of nitrogens with one attached hydrogen (secondary N) is 1. The zero-order valence-corrected chi connectivity index (χ0v) is 9.73. The molecule has 0 spiro atoms. The molecule has 94 valence electrons. The number of nitrogens with zero attached hydrogens (tertiary/aromatic N) is 1. The Morgan fingerprint density at radius 3 is 2.71 bits per heavy atom. The number of aliphatic carboxylic acids is 1. The van der Waals surface area contributed by atoms with E-state index in [0.717, 1.165) is 0 Å². The van der Waals surface area contributed by atoms with Crippen molar-refractivity contribution in [3.8, 4) is 0 Å². The van der Waals surface area contributed by atoms with Gasteiger partial charge in [-0.15, -0.1) is 0 Å². The van der Waals surface area contributed by atoms with Gasteiger partial charge in [-0.1, -0.05) is 5.16 Å². The molecule has 0 saturated carbocycles. The lowest BCUT2D eigenvalue weighted by Crippen LogP contribution is -2.22. The second-order valence-corrected chi connectivity index (χ2v) is 3.81. The van der Waals surface area contributed by atoms with E-state index in [1.165, 1.54) is 0 Å². The maximum absolute atomic E-state index is 11.4. The molecule has 1 aromatic rings. The average molecular weight is 240 g/mol. The number of carbonyl (C=O) groups is 2. The number of unbranched alkanes of at least 4 members (excludes halogenated alkanes) is 1. The Morgan fingerprint density at radius 1 is 1.41 bits per heavy atom. The van der Waals surface area contributed by atoms with Crippen molar-refractivity contribution in [1.29, 1.82) is 0 Å². The summed E-state index contributed by atoms with van der Waals surface area (Å²) in [6.45, 7) is 2.12. The lowest BCUT2D eigenvalue weighted by molar-refractivity contribution is -0.137. The van der Waals surface area contributed by atoms with E-state index < -0.39 is 5.97 Å². The summed E-state index contributed by atoms with van der Waals surface area (Å²) in [6, 6.07) is 1.75. The highest BCUT2D eigenvalue weighted by molar-refractivity contribution is 5.75. The molecule has 0 bridgehead atoms. The highest BCUT2D eigenvalue weighted by Gasteiger charge is 2.05. The van der Waals surface area contributed by atoms with Gasteiger partial charge in [-0.3, -0.25) is 9.59 Å². The standard InChI is InChI=1S/C11H16N2O4/c1-8-6-9(13-17-8)7-12-10(14)4-2-3-5-11(15)16/h6H,2-5,7H2,1H3,(H,12,14)(H,15,16). The molecule has 0 fully saturated rings. The van der Waals surface area contributed by atoms with Crippen molar-refractivity contribution in [2.24, 2.45) is 0 Å². The molecule has 6 nitrogen and oxygen atoms in total. The normalized spacial score (nSPS) is 10.2. The maximum Gasteiger partial charge on any atom is 0.303 e. The van der Waals surface area contributed by atoms with Gasteiger partial charge in [0.25, 0.3) is 0 Å². The van der Waals surface area contributed by atoms with Gasteiger partial charge in [-0.2, -0.15) is 0 Å². The fraction of sp³-hybridized carbons (Fsp3) is 0.545. The van der Waals surface area contributed by atoms with Crippen LogP contribution >= 0.6 is 0 Å². The summed E-state index contributed by atoms with van der Waals surface area (Å²) in [6.07, 6.45) is 1.54. The van der Waals surface area contributed by atoms with Gasteiger partial charge < -0.3 is 14.9 Å². The first-order chi connectivity index (χ1) is 8.08. The quantitative estimate of drug-likeness (QED) is 0.699. The van der Waals surface area contributed by atoms with E-state index in [0.29, 0.717) is 37.3 Å². The lowest BCUT2D eigenvalue weighted by Gasteiger charge is -2.01. The zero-order chi connectivity index (χ0) is 12.7. The van der Waals surface area contributed by atoms with Crippen molar-refractivity contribution in [3.05, 3.63) is 17.5 Å². The van der Waals surface area contributed by atoms with Crippen molar-refractivity contribution in [1.82, 2.24) is 10.5 Å². The van der Waals surface area contributed by atoms with Gasteiger partial charge in [0.15, 0.2) is 0 Å². The topological polar surface area (TPSA) is 92.4 Å². The number of carbonyl (C=O) groups excluding carboxylic acids is 1. The van der Waals surface area contributed by atoms with E-state index in [1.54, 1.807) is 13.0 Å². The molecule has 0 aliphatic rings. The molecule has 1 aromatic heterocycles. The van der Waals surface area contributed by atoms with Gasteiger partial charge in [0, 0.05) is 18.9 Å². The summed E-state index contributed by atoms with van der Waals surface area (Å²) in [4.78, 5) is 21.6. The van der Waals surface area contributed by atoms with Crippen LogP contribution in [0.15, 0.2) is 10.6 Å². The first-order valence-electron chi connectivity index (χ1n) is 5.48. The maximum atomic E-state index is 11.4. The number of carboxylic acids is 1. The third kappa shape index (κ3) is 5.70. The van der Waals surface area contributed by atoms with Gasteiger partial charge in [0.1, 0.15) is 11.5 Å². The Hall–Kier alpha value is -1.85. The van der Waals surface area contributed by atoms with Crippen LogP contribution in [0.2, 0.25) is 0 Å². The molecule has 0 aromatic carbocycles. The molecule has 0 atom stereocenters. The molecular weight excluding hydrogens is 224 g/mol. The smallest absolute Gasteiger partial charge is 0.303 e. The third-order valence-corrected chi connectivity index (χ3v) is 2.19. The lowest BCUT2D eigenvalue weighted by atomic mass is 10.2. The molecule has 0 aliphatic carbocycles. The highest BCUT2D eigenvalue weighted by atomic mass is 16.5. The Bertz CT molecular complexity index is 387. The van der Waals surface area contributed by atoms with E-state index in [-0.39, 0.29) is 12.3 Å². The van der Waals surface area contributed by atoms with Crippen molar-refractivity contribution >= 4 is 11.9 Å². The molecule has 6 heteroatoms. The van der Waals surface area contributed by atoms with E-state index in [2.05, 4.69) is 10.5 Å². The molecule has 1 heterocycles. The first-order valence-corrected chi connectivity index (χ1v) is 5.48. The second kappa shape index (κ2) is 6.67. The molecule has 1 amide bonds. The minimum atomic E-state index is -0.830. The molecule has 0 unspecified atom stereocenters. The molecule has 2 N–H and O–H groups in total. The SMILES string of the molecule is Cc1cc(CNC(=O)CCCCC(=O)O)no1. The van der Waals surface area contributed by atoms with Crippen molar-refractivity contribution in [2.45, 2.75) is 39.2 Å². The number of aromatic nitrogens is 1. The summed E-state index contributed by atoms with van der Waals surface area (Å²) >= 11 is 0. The number of aryl methyl sites for hydroxylation is 1. The van der Waals surface area contributed by atoms with Crippen LogP contribution in [-0.2, 0) is 16.1 Å². The number of hydrogen-bond acceptors (Lipinski definition) is 4. The van der Waals surface area contributed by atoms with Crippen LogP contribution in [-0.4, -0.2) is 22.1 Å². The summed E-state index contributed by atoms with van der Waals surface area (Å²) < 4.78 is 4.86. The average Bonchev–Trinajstić information content (AvgIpc) is 2.67. The van der Waals surface area contributed by atoms with Crippen LogP contribution in [0.1, 0.15) is 37.1 Å². The minimum absolute atomic E-state index is 0.101. The molecule has 0 aliphatic heterocycles. The number of hydrogen-bond donors (Lipinski definition) is 2. The summed E-state index contributed by atoms with van der Waals surface area (Å²) in [7, 11) is 0. The van der Waals surface area contributed by atoms with Crippen LogP contribution in [0.5, 0.6) is 0 Å². The molecule has 0 radical (unpaired) electrons. The number of rotatable bonds is 7. The molecule has 1 rings (SSSR count). The van der Waals surface area contributed by atoms with Gasteiger partial charge in [-0.05, 0) is 19.8 Å². The predicted molar refractivity (Wildman–Crippen MR) is 59.2 cm³/mol. The van der Waals surface area contributed by atoms with E-state index in [1.807, 2.05) is 0 Å². The first kappa shape index (κ1) is 13.2. The van der Waals surface area contributed by atoms with E-state index in [9.17, 15) is 9.59 Å². The Balaban J connectivity index is 2.11. The summed E-state index contributed by atoms with van der Waals surface area (Å²) in [5, 5.41) is 14.8. The van der Waals surface area contributed by atoms with Crippen LogP contribution in [0, 0.1) is 6.92 Å². The Kier molecular flexibility index (Phi) is 5.19. The largest absolute Gasteiger partial charge is 0.481 e. The van der Waals surface area contributed by atoms with Gasteiger partial charge >= 0.3 is 5.97 Å². The minimum Gasteiger partial charge on any atom is -0.481 e. The van der Waals surface area contributed by atoms with Gasteiger partial charge in [0.2, 0.25) is 5.91 Å². The molecule has 0 saturated heterocycles. The van der Waals surface area contributed by atoms with Crippen molar-refractivity contribution < 1.29 is 19.2 Å². The molecule has 17 heavy (non-hydrogen) atoms. The number of carboxylic acid groups (broad SMARTS) is 1.